The summed E-state index contributed by atoms with van der Waals surface area (Å²) in [5, 5.41) is 54.4. The normalized spacial score (nSPS) is 41.1. The molecule has 5 N–H and O–H groups in total. The number of aryl methyl sites for hydroxylation is 2. The lowest BCUT2D eigenvalue weighted by molar-refractivity contribution is -0.448. The van der Waals surface area contributed by atoms with Crippen molar-refractivity contribution in [1.82, 2.24) is 0 Å². The van der Waals surface area contributed by atoms with Gasteiger partial charge in [0.2, 0.25) is 0 Å². The van der Waals surface area contributed by atoms with Crippen LogP contribution in [0.1, 0.15) is 34.1 Å². The van der Waals surface area contributed by atoms with Crippen LogP contribution in [0.25, 0.3) is 0 Å². The largest absolute Gasteiger partial charge is 0.393 e. The van der Waals surface area contributed by atoms with Crippen LogP contribution in [0.15, 0.2) is 48.5 Å². The van der Waals surface area contributed by atoms with Crippen LogP contribution in [0.3, 0.4) is 0 Å². The number of aliphatic hydroxyl groups is 5. The first-order valence-electron chi connectivity index (χ1n) is 8.81. The maximum Gasteiger partial charge on any atom is 0.137 e. The molecular weight excluding hydrogens is 332 g/mol. The van der Waals surface area contributed by atoms with E-state index in [-0.39, 0.29) is 0 Å². The molecule has 0 heterocycles. The molecule has 3 unspecified atom stereocenters. The molecule has 2 aliphatic carbocycles. The lowest BCUT2D eigenvalue weighted by Crippen LogP contribution is -2.98. The lowest BCUT2D eigenvalue weighted by atomic mass is 9.31. The summed E-state index contributed by atoms with van der Waals surface area (Å²) in [4.78, 5) is 0. The van der Waals surface area contributed by atoms with Gasteiger partial charge in [-0.3, -0.25) is 0 Å². The Hall–Kier alpha value is -1.76. The van der Waals surface area contributed by atoms with Gasteiger partial charge in [0.05, 0.1) is 18.6 Å². The summed E-state index contributed by atoms with van der Waals surface area (Å²) in [6.07, 6.45) is -1.26. The van der Waals surface area contributed by atoms with E-state index in [0.29, 0.717) is 11.1 Å². The molecule has 5 nitrogen and oxygen atoms in total. The Bertz CT molecular complexity index is 841. The van der Waals surface area contributed by atoms with E-state index < -0.39 is 41.3 Å². The summed E-state index contributed by atoms with van der Waals surface area (Å²) in [5.41, 5.74) is -2.69. The zero-order chi connectivity index (χ0) is 18.9. The van der Waals surface area contributed by atoms with Gasteiger partial charge >= 0.3 is 0 Å². The van der Waals surface area contributed by atoms with E-state index in [1.165, 1.54) is 0 Å². The molecule has 2 aromatic rings. The maximum absolute atomic E-state index is 11.3. The number of benzene rings is 2. The second kappa shape index (κ2) is 5.38. The van der Waals surface area contributed by atoms with Crippen molar-refractivity contribution < 1.29 is 25.5 Å². The third kappa shape index (κ3) is 1.73. The fourth-order valence-electron chi connectivity index (χ4n) is 5.14. The molecule has 0 radical (unpaired) electrons. The topological polar surface area (TPSA) is 101 Å². The summed E-state index contributed by atoms with van der Waals surface area (Å²) < 4.78 is 0. The fourth-order valence-corrected chi connectivity index (χ4v) is 5.14. The molecule has 2 aromatic carbocycles. The summed E-state index contributed by atoms with van der Waals surface area (Å²) >= 11 is 0. The lowest BCUT2D eigenvalue weighted by Gasteiger charge is -2.79. The predicted molar refractivity (Wildman–Crippen MR) is 95.8 cm³/mol. The Labute approximate surface area is 152 Å². The highest BCUT2D eigenvalue weighted by Crippen LogP contribution is 2.74. The number of fused-ring (bicyclic) bond motifs is 1. The number of hydrogen-bond donors (Lipinski definition) is 5. The minimum atomic E-state index is -2.03. The zero-order valence-electron chi connectivity index (χ0n) is 14.8. The van der Waals surface area contributed by atoms with Crippen LogP contribution in [0.4, 0.5) is 0 Å². The Morgan fingerprint density at radius 1 is 0.885 bits per heavy atom. The zero-order valence-corrected chi connectivity index (χ0v) is 14.8. The van der Waals surface area contributed by atoms with Crippen LogP contribution in [-0.2, 0) is 0 Å². The summed E-state index contributed by atoms with van der Waals surface area (Å²) in [6, 6.07) is 14.2. The first-order chi connectivity index (χ1) is 12.2. The summed E-state index contributed by atoms with van der Waals surface area (Å²) in [6.45, 7) is 3.14. The van der Waals surface area contributed by atoms with Gasteiger partial charge < -0.3 is 25.5 Å². The van der Waals surface area contributed by atoms with Crippen molar-refractivity contribution in [2.24, 2.45) is 0 Å². The van der Waals surface area contributed by atoms with Crippen molar-refractivity contribution in [2.45, 2.75) is 48.6 Å². The highest BCUT2D eigenvalue weighted by atomic mass is 16.4. The van der Waals surface area contributed by atoms with Crippen LogP contribution >= 0.6 is 0 Å². The second-order valence-corrected chi connectivity index (χ2v) is 7.78. The molecule has 6 atom stereocenters. The minimum Gasteiger partial charge on any atom is -0.393 e. The highest BCUT2D eigenvalue weighted by Gasteiger charge is 2.92. The van der Waals surface area contributed by atoms with Crippen LogP contribution in [-0.4, -0.2) is 55.0 Å². The Morgan fingerprint density at radius 3 is 2.12 bits per heavy atom. The first-order valence-corrected chi connectivity index (χ1v) is 8.81. The highest BCUT2D eigenvalue weighted by molar-refractivity contribution is 5.55. The van der Waals surface area contributed by atoms with Crippen molar-refractivity contribution in [3.63, 3.8) is 0 Å². The SMILES string of the molecule is Cc1ccc(C2[C@]3(O)C(O)C(c4ccccc4)[C@]3(O)[C@]2(O)CO)cc1C. The van der Waals surface area contributed by atoms with Crippen LogP contribution in [0.2, 0.25) is 0 Å². The fraction of sp³-hybridized carbons (Fsp3) is 0.429. The minimum absolute atomic E-state index is 0.586. The van der Waals surface area contributed by atoms with Gasteiger partial charge in [0, 0.05) is 5.92 Å². The van der Waals surface area contributed by atoms with Gasteiger partial charge in [0.15, 0.2) is 0 Å². The Morgan fingerprint density at radius 2 is 1.54 bits per heavy atom. The monoisotopic (exact) mass is 356 g/mol. The van der Waals surface area contributed by atoms with E-state index in [1.807, 2.05) is 32.0 Å². The molecular formula is C21H24O5. The van der Waals surface area contributed by atoms with Gasteiger partial charge in [-0.1, -0.05) is 48.5 Å². The van der Waals surface area contributed by atoms with Crippen molar-refractivity contribution in [2.75, 3.05) is 6.61 Å². The third-order valence-corrected chi connectivity index (χ3v) is 6.67. The molecule has 2 fully saturated rings. The second-order valence-electron chi connectivity index (χ2n) is 7.78. The van der Waals surface area contributed by atoms with Gasteiger partial charge in [0.1, 0.15) is 16.8 Å². The first kappa shape index (κ1) is 17.6. The Kier molecular flexibility index (Phi) is 3.65. The van der Waals surface area contributed by atoms with Gasteiger partial charge in [-0.15, -0.1) is 0 Å². The molecule has 2 saturated carbocycles. The average Bonchev–Trinajstić information content (AvgIpc) is 2.65. The quantitative estimate of drug-likeness (QED) is 0.559. The average molecular weight is 356 g/mol. The van der Waals surface area contributed by atoms with Crippen molar-refractivity contribution in [3.8, 4) is 0 Å². The van der Waals surface area contributed by atoms with E-state index in [2.05, 4.69) is 0 Å². The molecule has 0 amide bonds. The van der Waals surface area contributed by atoms with Gasteiger partial charge in [-0.05, 0) is 36.1 Å². The molecule has 138 valence electrons. The van der Waals surface area contributed by atoms with Gasteiger partial charge in [0.25, 0.3) is 0 Å². The molecule has 0 aromatic heterocycles. The predicted octanol–water partition coefficient (Wildman–Crippen LogP) is 0.745. The van der Waals surface area contributed by atoms with E-state index in [4.69, 9.17) is 0 Å². The van der Waals surface area contributed by atoms with E-state index in [0.717, 1.165) is 11.1 Å². The number of rotatable bonds is 3. The molecule has 0 aliphatic heterocycles. The molecule has 26 heavy (non-hydrogen) atoms. The van der Waals surface area contributed by atoms with Crippen LogP contribution < -0.4 is 0 Å². The van der Waals surface area contributed by atoms with Crippen LogP contribution in [0.5, 0.6) is 0 Å². The molecule has 0 spiro atoms. The number of hydrogen-bond acceptors (Lipinski definition) is 5. The van der Waals surface area contributed by atoms with Gasteiger partial charge in [-0.2, -0.15) is 0 Å². The Balaban J connectivity index is 1.82. The molecule has 2 aliphatic rings. The van der Waals surface area contributed by atoms with Crippen molar-refractivity contribution in [3.05, 3.63) is 70.8 Å². The van der Waals surface area contributed by atoms with E-state index in [1.54, 1.807) is 30.3 Å². The van der Waals surface area contributed by atoms with Crippen molar-refractivity contribution in [1.29, 1.82) is 0 Å². The maximum atomic E-state index is 11.3. The molecule has 4 rings (SSSR count). The smallest absolute Gasteiger partial charge is 0.137 e. The van der Waals surface area contributed by atoms with E-state index in [9.17, 15) is 25.5 Å². The molecule has 5 heteroatoms. The summed E-state index contributed by atoms with van der Waals surface area (Å²) in [5.74, 6) is -1.87. The van der Waals surface area contributed by atoms with Crippen molar-refractivity contribution >= 4 is 0 Å². The van der Waals surface area contributed by atoms with Crippen LogP contribution in [0, 0.1) is 13.8 Å². The standard InChI is InChI=1S/C21H24O5/c1-12-8-9-15(10-13(12)2)17-19(24,11-22)21(26)16(18(23)20(17,21)25)14-6-4-3-5-7-14/h3-10,16-18,22-26H,11H2,1-2H3/t16?,17?,18?,19-,20-,21-/m0/s1. The number of aliphatic hydroxyl groups excluding tert-OH is 2. The molecule has 0 saturated heterocycles. The third-order valence-electron chi connectivity index (χ3n) is 6.67. The van der Waals surface area contributed by atoms with E-state index >= 15 is 0 Å². The summed E-state index contributed by atoms with van der Waals surface area (Å²) in [7, 11) is 0. The van der Waals surface area contributed by atoms with Gasteiger partial charge in [-0.25, -0.2) is 0 Å². The molecule has 0 bridgehead atoms.